The van der Waals surface area contributed by atoms with Gasteiger partial charge in [-0.15, -0.1) is 12.4 Å². The number of nitrogens with zero attached hydrogens (tertiary/aromatic N) is 1. The molecule has 92 valence electrons. The first kappa shape index (κ1) is 15.6. The molecule has 8 heteroatoms. The predicted molar refractivity (Wildman–Crippen MR) is 65.4 cm³/mol. The molecule has 0 aliphatic carbocycles. The molecule has 0 unspecified atom stereocenters. The van der Waals surface area contributed by atoms with E-state index in [-0.39, 0.29) is 22.3 Å². The maximum atomic E-state index is 11.6. The van der Waals surface area contributed by atoms with Crippen LogP contribution in [0.1, 0.15) is 6.42 Å². The van der Waals surface area contributed by atoms with E-state index in [9.17, 15) is 8.42 Å². The molecule has 0 aliphatic rings. The van der Waals surface area contributed by atoms with Crippen LogP contribution in [-0.4, -0.2) is 26.5 Å². The van der Waals surface area contributed by atoms with Crippen LogP contribution in [0.2, 0.25) is 5.02 Å². The molecule has 1 aromatic heterocycles. The third-order valence-corrected chi connectivity index (χ3v) is 3.30. The lowest BCUT2D eigenvalue weighted by atomic mass is 10.4. The van der Waals surface area contributed by atoms with Crippen molar-refractivity contribution in [1.29, 1.82) is 0 Å². The Hall–Kier alpha value is -0.400. The lowest BCUT2D eigenvalue weighted by Gasteiger charge is -2.05. The minimum absolute atomic E-state index is 0. The number of sulfonamides is 1. The van der Waals surface area contributed by atoms with Gasteiger partial charge in [0.25, 0.3) is 0 Å². The summed E-state index contributed by atoms with van der Waals surface area (Å²) in [6, 6.07) is 1.35. The summed E-state index contributed by atoms with van der Waals surface area (Å²) < 4.78 is 25.6. The quantitative estimate of drug-likeness (QED) is 0.783. The fourth-order valence-corrected chi connectivity index (χ4v) is 2.23. The second kappa shape index (κ2) is 7.03. The van der Waals surface area contributed by atoms with E-state index in [1.54, 1.807) is 0 Å². The van der Waals surface area contributed by atoms with E-state index >= 15 is 0 Å². The number of hydrogen-bond acceptors (Lipinski definition) is 4. The van der Waals surface area contributed by atoms with Crippen molar-refractivity contribution in [2.24, 2.45) is 5.73 Å². The molecule has 0 saturated carbocycles. The molecule has 16 heavy (non-hydrogen) atoms. The normalized spacial score (nSPS) is 10.9. The smallest absolute Gasteiger partial charge is 0.242 e. The van der Waals surface area contributed by atoms with Gasteiger partial charge in [0.05, 0.1) is 5.02 Å². The monoisotopic (exact) mass is 285 g/mol. The van der Waals surface area contributed by atoms with E-state index < -0.39 is 10.0 Å². The second-order valence-corrected chi connectivity index (χ2v) is 5.08. The second-order valence-electron chi connectivity index (χ2n) is 2.88. The molecule has 0 atom stereocenters. The Morgan fingerprint density at radius 2 is 2.12 bits per heavy atom. The van der Waals surface area contributed by atoms with Crippen LogP contribution >= 0.6 is 24.0 Å². The van der Waals surface area contributed by atoms with Crippen molar-refractivity contribution in [2.45, 2.75) is 11.3 Å². The van der Waals surface area contributed by atoms with E-state index in [0.29, 0.717) is 19.5 Å². The highest BCUT2D eigenvalue weighted by Crippen LogP contribution is 2.12. The van der Waals surface area contributed by atoms with Crippen LogP contribution in [0.5, 0.6) is 0 Å². The third-order valence-electron chi connectivity index (χ3n) is 1.66. The van der Waals surface area contributed by atoms with Crippen molar-refractivity contribution >= 4 is 34.0 Å². The molecule has 1 rings (SSSR count). The number of hydrogen-bond donors (Lipinski definition) is 2. The van der Waals surface area contributed by atoms with Crippen LogP contribution in [-0.2, 0) is 10.0 Å². The zero-order valence-corrected chi connectivity index (χ0v) is 10.8. The van der Waals surface area contributed by atoms with Crippen LogP contribution in [0.4, 0.5) is 0 Å². The molecule has 1 heterocycles. The van der Waals surface area contributed by atoms with Crippen LogP contribution in [0.25, 0.3) is 0 Å². The van der Waals surface area contributed by atoms with E-state index in [1.807, 2.05) is 0 Å². The van der Waals surface area contributed by atoms with Crippen molar-refractivity contribution in [2.75, 3.05) is 13.1 Å². The van der Waals surface area contributed by atoms with Gasteiger partial charge < -0.3 is 5.73 Å². The van der Waals surface area contributed by atoms with Gasteiger partial charge in [-0.05, 0) is 19.0 Å². The van der Waals surface area contributed by atoms with Crippen LogP contribution in [0.15, 0.2) is 23.4 Å². The first-order valence-corrected chi connectivity index (χ1v) is 6.22. The zero-order chi connectivity index (χ0) is 11.3. The van der Waals surface area contributed by atoms with Crippen molar-refractivity contribution in [3.63, 3.8) is 0 Å². The van der Waals surface area contributed by atoms with Gasteiger partial charge in [-0.2, -0.15) is 0 Å². The lowest BCUT2D eigenvalue weighted by molar-refractivity contribution is 0.579. The van der Waals surface area contributed by atoms with Crippen molar-refractivity contribution in [3.8, 4) is 0 Å². The van der Waals surface area contributed by atoms with Crippen molar-refractivity contribution < 1.29 is 8.42 Å². The Balaban J connectivity index is 0.00000225. The van der Waals surface area contributed by atoms with Gasteiger partial charge >= 0.3 is 0 Å². The first-order chi connectivity index (χ1) is 7.06. The van der Waals surface area contributed by atoms with Gasteiger partial charge in [-0.25, -0.2) is 13.1 Å². The maximum Gasteiger partial charge on any atom is 0.242 e. The van der Waals surface area contributed by atoms with Gasteiger partial charge in [0.2, 0.25) is 10.0 Å². The predicted octanol–water partition coefficient (Wildman–Crippen LogP) is 0.784. The average Bonchev–Trinajstić information content (AvgIpc) is 2.18. The molecule has 0 amide bonds. The van der Waals surface area contributed by atoms with E-state index in [0.717, 1.165) is 0 Å². The molecule has 0 spiro atoms. The van der Waals surface area contributed by atoms with Crippen molar-refractivity contribution in [1.82, 2.24) is 9.71 Å². The Bertz CT molecular complexity index is 425. The molecule has 0 aliphatic heterocycles. The molecule has 3 N–H and O–H groups in total. The van der Waals surface area contributed by atoms with Crippen LogP contribution in [0, 0.1) is 0 Å². The summed E-state index contributed by atoms with van der Waals surface area (Å²) in [6.45, 7) is 0.752. The molecule has 0 aromatic carbocycles. The summed E-state index contributed by atoms with van der Waals surface area (Å²) in [5, 5.41) is 0.289. The summed E-state index contributed by atoms with van der Waals surface area (Å²) in [5.74, 6) is 0. The molecule has 0 fully saturated rings. The molecular weight excluding hydrogens is 273 g/mol. The highest BCUT2D eigenvalue weighted by Gasteiger charge is 2.13. The molecular formula is C8H13Cl2N3O2S. The maximum absolute atomic E-state index is 11.6. The minimum atomic E-state index is -3.51. The lowest BCUT2D eigenvalue weighted by Crippen LogP contribution is -2.26. The largest absolute Gasteiger partial charge is 0.330 e. The molecule has 1 aromatic rings. The number of rotatable bonds is 5. The number of aromatic nitrogens is 1. The van der Waals surface area contributed by atoms with Crippen molar-refractivity contribution in [3.05, 3.63) is 23.5 Å². The SMILES string of the molecule is Cl.NCCCNS(=O)(=O)c1cncc(Cl)c1. The number of nitrogens with one attached hydrogen (secondary N) is 1. The van der Waals surface area contributed by atoms with Crippen LogP contribution in [0.3, 0.4) is 0 Å². The highest BCUT2D eigenvalue weighted by atomic mass is 35.5. The Morgan fingerprint density at radius 3 is 2.69 bits per heavy atom. The van der Waals surface area contributed by atoms with Gasteiger partial charge in [0.15, 0.2) is 0 Å². The Labute approximate surface area is 106 Å². The van der Waals surface area contributed by atoms with Gasteiger partial charge in [-0.3, -0.25) is 4.98 Å². The Morgan fingerprint density at radius 1 is 1.44 bits per heavy atom. The van der Waals surface area contributed by atoms with Crippen LogP contribution < -0.4 is 10.5 Å². The number of pyridine rings is 1. The topological polar surface area (TPSA) is 85.1 Å². The molecule has 5 nitrogen and oxygen atoms in total. The highest BCUT2D eigenvalue weighted by molar-refractivity contribution is 7.89. The zero-order valence-electron chi connectivity index (χ0n) is 8.39. The summed E-state index contributed by atoms with van der Waals surface area (Å²) in [6.07, 6.45) is 3.21. The average molecular weight is 286 g/mol. The van der Waals surface area contributed by atoms with E-state index in [1.165, 1.54) is 18.5 Å². The fraction of sp³-hybridized carbons (Fsp3) is 0.375. The third kappa shape index (κ3) is 4.63. The summed E-state index contributed by atoms with van der Waals surface area (Å²) in [5.41, 5.74) is 5.25. The van der Waals surface area contributed by atoms with E-state index in [4.69, 9.17) is 17.3 Å². The summed E-state index contributed by atoms with van der Waals surface area (Å²) >= 11 is 5.64. The van der Waals surface area contributed by atoms with E-state index in [2.05, 4.69) is 9.71 Å². The summed E-state index contributed by atoms with van der Waals surface area (Å²) in [4.78, 5) is 3.76. The van der Waals surface area contributed by atoms with Gasteiger partial charge in [0, 0.05) is 18.9 Å². The fourth-order valence-electron chi connectivity index (χ4n) is 0.931. The first-order valence-electron chi connectivity index (χ1n) is 4.36. The number of nitrogens with two attached hydrogens (primary N) is 1. The molecule has 0 bridgehead atoms. The molecule has 0 radical (unpaired) electrons. The standard InChI is InChI=1S/C8H12ClN3O2S.ClH/c9-7-4-8(6-11-5-7)15(13,14)12-3-1-2-10;/h4-6,12H,1-3,10H2;1H. The number of halogens is 2. The van der Waals surface area contributed by atoms with Gasteiger partial charge in [0.1, 0.15) is 4.90 Å². The van der Waals surface area contributed by atoms with Gasteiger partial charge in [-0.1, -0.05) is 11.6 Å². The molecule has 0 saturated heterocycles. The minimum Gasteiger partial charge on any atom is -0.330 e. The Kier molecular flexibility index (Phi) is 6.85. The summed E-state index contributed by atoms with van der Waals surface area (Å²) in [7, 11) is -3.51.